The number of phenols is 1. The van der Waals surface area contributed by atoms with E-state index in [9.17, 15) is 5.11 Å². The fourth-order valence-electron chi connectivity index (χ4n) is 3.96. The first-order valence-electron chi connectivity index (χ1n) is 8.13. The van der Waals surface area contributed by atoms with Crippen molar-refractivity contribution in [2.45, 2.75) is 13.0 Å². The van der Waals surface area contributed by atoms with Gasteiger partial charge in [-0.3, -0.25) is 4.90 Å². The van der Waals surface area contributed by atoms with E-state index in [1.54, 1.807) is 13.2 Å². The minimum absolute atomic E-state index is 0.202. The summed E-state index contributed by atoms with van der Waals surface area (Å²) < 4.78 is 16.5. The molecule has 0 saturated carbocycles. The number of benzene rings is 2. The summed E-state index contributed by atoms with van der Waals surface area (Å²) in [5, 5.41) is 10.0. The third-order valence-electron chi connectivity index (χ3n) is 5.14. The molecule has 3 aliphatic heterocycles. The molecule has 0 fully saturated rings. The Morgan fingerprint density at radius 2 is 2.00 bits per heavy atom. The van der Waals surface area contributed by atoms with Crippen molar-refractivity contribution in [2.24, 2.45) is 0 Å². The number of phenolic OH excluding ortho intramolecular Hbond substituents is 1. The summed E-state index contributed by atoms with van der Waals surface area (Å²) >= 11 is 0. The number of nitrogens with one attached hydrogen (secondary N) is 1. The van der Waals surface area contributed by atoms with Gasteiger partial charge in [-0.25, -0.2) is 0 Å². The van der Waals surface area contributed by atoms with Crippen molar-refractivity contribution in [1.29, 1.82) is 0 Å². The van der Waals surface area contributed by atoms with Crippen LogP contribution in [0.25, 0.3) is 11.8 Å². The molecule has 3 aliphatic rings. The molecule has 5 nitrogen and oxygen atoms in total. The summed E-state index contributed by atoms with van der Waals surface area (Å²) in [5.41, 5.74) is 5.99. The minimum atomic E-state index is 0.202. The molecule has 0 aliphatic carbocycles. The van der Waals surface area contributed by atoms with Gasteiger partial charge in [0.1, 0.15) is 12.2 Å². The Balaban J connectivity index is 1.68. The highest BCUT2D eigenvalue weighted by Crippen LogP contribution is 2.40. The van der Waals surface area contributed by atoms with E-state index in [2.05, 4.69) is 18.2 Å². The van der Waals surface area contributed by atoms with Gasteiger partial charge in [-0.05, 0) is 29.3 Å². The normalized spacial score (nSPS) is 19.9. The van der Waals surface area contributed by atoms with Gasteiger partial charge in [0.25, 0.3) is 0 Å². The smallest absolute Gasteiger partial charge is 0.231 e. The number of quaternary nitrogens is 1. The summed E-state index contributed by atoms with van der Waals surface area (Å²) in [7, 11) is 1.61. The molecule has 1 atom stereocenters. The molecule has 0 spiro atoms. The molecule has 0 saturated heterocycles. The van der Waals surface area contributed by atoms with Gasteiger partial charge in [0, 0.05) is 18.1 Å². The second-order valence-electron chi connectivity index (χ2n) is 6.39. The lowest BCUT2D eigenvalue weighted by Gasteiger charge is -2.32. The second kappa shape index (κ2) is 4.92. The number of hydrogen-bond acceptors (Lipinski definition) is 4. The predicted octanol–water partition coefficient (Wildman–Crippen LogP) is 1.58. The number of methoxy groups -OCH3 is 1. The van der Waals surface area contributed by atoms with Gasteiger partial charge >= 0.3 is 0 Å². The number of aromatic hydroxyl groups is 1. The molecule has 24 heavy (non-hydrogen) atoms. The molecule has 0 bridgehead atoms. The second-order valence-corrected chi connectivity index (χ2v) is 6.39. The predicted molar refractivity (Wildman–Crippen MR) is 88.3 cm³/mol. The van der Waals surface area contributed by atoms with Crippen LogP contribution in [0.15, 0.2) is 24.3 Å². The summed E-state index contributed by atoms with van der Waals surface area (Å²) in [5.74, 6) is 2.46. The molecule has 0 aromatic heterocycles. The van der Waals surface area contributed by atoms with Crippen molar-refractivity contribution in [1.82, 2.24) is 0 Å². The van der Waals surface area contributed by atoms with Gasteiger partial charge in [-0.1, -0.05) is 6.07 Å². The van der Waals surface area contributed by atoms with Crippen LogP contribution in [0.5, 0.6) is 23.0 Å². The lowest BCUT2D eigenvalue weighted by atomic mass is 9.90. The maximum absolute atomic E-state index is 10.0. The molecular formula is C19H18NO4+. The fourth-order valence-corrected chi connectivity index (χ4v) is 3.96. The summed E-state index contributed by atoms with van der Waals surface area (Å²) in [6.45, 7) is 2.12. The zero-order valence-corrected chi connectivity index (χ0v) is 13.4. The summed E-state index contributed by atoms with van der Waals surface area (Å²) in [6.07, 6.45) is 3.20. The van der Waals surface area contributed by atoms with Crippen LogP contribution in [0, 0.1) is 0 Å². The first-order valence-corrected chi connectivity index (χ1v) is 8.13. The molecule has 2 aromatic rings. The third kappa shape index (κ3) is 1.85. The van der Waals surface area contributed by atoms with Crippen LogP contribution < -0.4 is 19.1 Å². The average Bonchev–Trinajstić information content (AvgIpc) is 3.05. The zero-order valence-electron chi connectivity index (χ0n) is 13.4. The molecule has 2 aromatic carbocycles. The van der Waals surface area contributed by atoms with Crippen LogP contribution in [-0.4, -0.2) is 25.6 Å². The molecule has 5 heteroatoms. The topological polar surface area (TPSA) is 52.4 Å². The molecule has 3 heterocycles. The van der Waals surface area contributed by atoms with Crippen LogP contribution >= 0.6 is 0 Å². The summed E-state index contributed by atoms with van der Waals surface area (Å²) in [4.78, 5) is 1.39. The van der Waals surface area contributed by atoms with Gasteiger partial charge < -0.3 is 19.3 Å². The highest BCUT2D eigenvalue weighted by Gasteiger charge is 2.33. The van der Waals surface area contributed by atoms with Gasteiger partial charge in [-0.15, -0.1) is 0 Å². The van der Waals surface area contributed by atoms with E-state index < -0.39 is 0 Å². The lowest BCUT2D eigenvalue weighted by molar-refractivity contribution is -0.841. The fraction of sp³-hybridized carbons (Fsp3) is 0.263. The minimum Gasteiger partial charge on any atom is -0.504 e. The van der Waals surface area contributed by atoms with Crippen molar-refractivity contribution in [3.05, 3.63) is 46.5 Å². The van der Waals surface area contributed by atoms with Gasteiger partial charge in [0.15, 0.2) is 23.0 Å². The maximum atomic E-state index is 10.0. The van der Waals surface area contributed by atoms with E-state index in [0.29, 0.717) is 12.5 Å². The molecule has 122 valence electrons. The number of ether oxygens (including phenoxy) is 3. The number of hydrogen-bond donors (Lipinski definition) is 2. The first kappa shape index (κ1) is 13.7. The van der Waals surface area contributed by atoms with Crippen LogP contribution in [-0.2, 0) is 13.0 Å². The monoisotopic (exact) mass is 324 g/mol. The van der Waals surface area contributed by atoms with Crippen LogP contribution in [0.4, 0.5) is 0 Å². The highest BCUT2D eigenvalue weighted by atomic mass is 16.7. The van der Waals surface area contributed by atoms with Crippen molar-refractivity contribution < 1.29 is 24.2 Å². The van der Waals surface area contributed by atoms with E-state index in [1.165, 1.54) is 21.7 Å². The Kier molecular flexibility index (Phi) is 2.82. The third-order valence-corrected chi connectivity index (χ3v) is 5.14. The van der Waals surface area contributed by atoms with E-state index in [1.807, 2.05) is 6.07 Å². The van der Waals surface area contributed by atoms with Crippen molar-refractivity contribution in [2.75, 3.05) is 20.4 Å². The SMILES string of the molecule is COc1c(O)ccc2c1C[NH+]1CCc3cc4c(cc3C1=C2)OCO4. The number of fused-ring (bicyclic) bond motifs is 5. The molecular weight excluding hydrogens is 306 g/mol. The van der Waals surface area contributed by atoms with Gasteiger partial charge in [-0.2, -0.15) is 0 Å². The van der Waals surface area contributed by atoms with Gasteiger partial charge in [0.2, 0.25) is 6.79 Å². The van der Waals surface area contributed by atoms with E-state index in [0.717, 1.165) is 42.1 Å². The first-order chi connectivity index (χ1) is 11.7. The Labute approximate surface area is 139 Å². The average molecular weight is 324 g/mol. The summed E-state index contributed by atoms with van der Waals surface area (Å²) in [6, 6.07) is 7.87. The Bertz CT molecular complexity index is 887. The lowest BCUT2D eigenvalue weighted by Crippen LogP contribution is -3.09. The van der Waals surface area contributed by atoms with Crippen LogP contribution in [0.1, 0.15) is 22.3 Å². The molecule has 0 radical (unpaired) electrons. The molecule has 0 amide bonds. The van der Waals surface area contributed by atoms with Gasteiger partial charge in [0.05, 0.1) is 19.2 Å². The van der Waals surface area contributed by atoms with Crippen LogP contribution in [0.2, 0.25) is 0 Å². The molecule has 5 rings (SSSR count). The van der Waals surface area contributed by atoms with E-state index in [-0.39, 0.29) is 5.75 Å². The maximum Gasteiger partial charge on any atom is 0.231 e. The Hall–Kier alpha value is -2.66. The zero-order chi connectivity index (χ0) is 16.3. The van der Waals surface area contributed by atoms with E-state index >= 15 is 0 Å². The quantitative estimate of drug-likeness (QED) is 0.836. The molecule has 2 N–H and O–H groups in total. The number of rotatable bonds is 1. The Morgan fingerprint density at radius 1 is 1.17 bits per heavy atom. The van der Waals surface area contributed by atoms with Crippen LogP contribution in [0.3, 0.4) is 0 Å². The van der Waals surface area contributed by atoms with Crippen molar-refractivity contribution in [3.8, 4) is 23.0 Å². The largest absolute Gasteiger partial charge is 0.504 e. The van der Waals surface area contributed by atoms with E-state index in [4.69, 9.17) is 14.2 Å². The van der Waals surface area contributed by atoms with Crippen molar-refractivity contribution >= 4 is 11.8 Å². The van der Waals surface area contributed by atoms with Crippen molar-refractivity contribution in [3.63, 3.8) is 0 Å². The molecule has 1 unspecified atom stereocenters. The standard InChI is InChI=1S/C19H17NO4/c1-22-19-14-9-20-5-4-12-7-17-18(24-10-23-17)8-13(12)15(20)6-11(14)2-3-16(19)21/h2-3,6-8,21H,4-5,9-10H2,1H3/p+1. The highest BCUT2D eigenvalue weighted by molar-refractivity contribution is 5.83. The Morgan fingerprint density at radius 3 is 2.83 bits per heavy atom.